The van der Waals surface area contributed by atoms with Gasteiger partial charge in [-0.05, 0) is 42.7 Å². The second kappa shape index (κ2) is 4.55. The van der Waals surface area contributed by atoms with Gasteiger partial charge in [0.05, 0.1) is 12.2 Å². The molecule has 0 saturated heterocycles. The molecule has 0 fully saturated rings. The number of halogens is 1. The maximum atomic E-state index is 6.14. The van der Waals surface area contributed by atoms with E-state index >= 15 is 0 Å². The Morgan fingerprint density at radius 1 is 1.13 bits per heavy atom. The summed E-state index contributed by atoms with van der Waals surface area (Å²) < 4.78 is 0. The van der Waals surface area contributed by atoms with Crippen LogP contribution in [0.5, 0.6) is 0 Å². The summed E-state index contributed by atoms with van der Waals surface area (Å²) in [5, 5.41) is 5.34. The zero-order chi connectivity index (χ0) is 15.6. The Kier molecular flexibility index (Phi) is 2.59. The van der Waals surface area contributed by atoms with Gasteiger partial charge in [0.1, 0.15) is 5.52 Å². The molecule has 0 saturated carbocycles. The number of pyridine rings is 1. The molecule has 3 aromatic rings. The van der Waals surface area contributed by atoms with Crippen molar-refractivity contribution in [3.63, 3.8) is 0 Å². The Balaban J connectivity index is 1.70. The van der Waals surface area contributed by atoms with Gasteiger partial charge in [0.15, 0.2) is 11.5 Å². The fourth-order valence-corrected chi connectivity index (χ4v) is 3.78. The molecule has 0 radical (unpaired) electrons. The summed E-state index contributed by atoms with van der Waals surface area (Å²) in [5.74, 6) is 1.01. The first-order valence-corrected chi connectivity index (χ1v) is 8.04. The van der Waals surface area contributed by atoms with Gasteiger partial charge in [0.2, 0.25) is 0 Å². The smallest absolute Gasteiger partial charge is 0.180 e. The minimum atomic E-state index is 0.715. The third-order valence-corrected chi connectivity index (χ3v) is 4.96. The quantitative estimate of drug-likeness (QED) is 0.635. The molecule has 1 aromatic carbocycles. The fraction of sp³-hybridized carbons (Fsp3) is 0.235. The first-order valence-electron chi connectivity index (χ1n) is 7.66. The molecule has 4 heterocycles. The number of anilines is 2. The van der Waals surface area contributed by atoms with Gasteiger partial charge in [-0.1, -0.05) is 11.6 Å². The first kappa shape index (κ1) is 13.1. The molecule has 6 heteroatoms. The van der Waals surface area contributed by atoms with Crippen LogP contribution in [0, 0.1) is 6.92 Å². The highest BCUT2D eigenvalue weighted by Crippen LogP contribution is 2.41. The minimum absolute atomic E-state index is 0.715. The highest BCUT2D eigenvalue weighted by Gasteiger charge is 2.35. The molecule has 5 rings (SSSR count). The van der Waals surface area contributed by atoms with E-state index in [0.29, 0.717) is 5.65 Å². The number of benzene rings is 1. The lowest BCUT2D eigenvalue weighted by Crippen LogP contribution is -2.43. The summed E-state index contributed by atoms with van der Waals surface area (Å²) in [7, 11) is 0. The number of aryl methyl sites for hydroxylation is 1. The monoisotopic (exact) mass is 323 g/mol. The van der Waals surface area contributed by atoms with Gasteiger partial charge in [-0.15, -0.1) is 0 Å². The Labute approximate surface area is 138 Å². The van der Waals surface area contributed by atoms with Crippen LogP contribution in [0.4, 0.5) is 11.5 Å². The van der Waals surface area contributed by atoms with E-state index in [1.165, 1.54) is 22.4 Å². The number of hydrogen-bond acceptors (Lipinski definition) is 5. The third kappa shape index (κ3) is 1.77. The van der Waals surface area contributed by atoms with Gasteiger partial charge in [-0.2, -0.15) is 0 Å². The molecule has 0 amide bonds. The Hall–Kier alpha value is -2.40. The van der Waals surface area contributed by atoms with E-state index in [1.807, 2.05) is 6.07 Å². The summed E-state index contributed by atoms with van der Waals surface area (Å²) in [6.45, 7) is 3.83. The molecule has 0 unspecified atom stereocenters. The lowest BCUT2D eigenvalue weighted by molar-refractivity contribution is 0.706. The molecule has 23 heavy (non-hydrogen) atoms. The van der Waals surface area contributed by atoms with E-state index in [-0.39, 0.29) is 0 Å². The summed E-state index contributed by atoms with van der Waals surface area (Å²) in [4.78, 5) is 13.6. The highest BCUT2D eigenvalue weighted by molar-refractivity contribution is 6.30. The van der Waals surface area contributed by atoms with Crippen molar-refractivity contribution in [3.8, 4) is 0 Å². The number of hydrazine groups is 1. The van der Waals surface area contributed by atoms with Gasteiger partial charge in [-0.3, -0.25) is 15.0 Å². The van der Waals surface area contributed by atoms with E-state index in [1.54, 1.807) is 12.4 Å². The van der Waals surface area contributed by atoms with Crippen molar-refractivity contribution in [2.75, 3.05) is 16.6 Å². The Bertz CT molecular complexity index is 955. The van der Waals surface area contributed by atoms with Crippen LogP contribution in [-0.4, -0.2) is 21.5 Å². The van der Waals surface area contributed by atoms with Gasteiger partial charge in [-0.25, -0.2) is 9.97 Å². The van der Waals surface area contributed by atoms with E-state index < -0.39 is 0 Å². The zero-order valence-corrected chi connectivity index (χ0v) is 13.4. The summed E-state index contributed by atoms with van der Waals surface area (Å²) in [6, 6.07) is 6.12. The van der Waals surface area contributed by atoms with Crippen LogP contribution >= 0.6 is 11.6 Å². The lowest BCUT2D eigenvalue weighted by atomic mass is 10.1. The molecular formula is C17H14ClN5. The van der Waals surface area contributed by atoms with Gasteiger partial charge in [0.25, 0.3) is 0 Å². The lowest BCUT2D eigenvalue weighted by Gasteiger charge is -2.37. The molecule has 0 bridgehead atoms. The van der Waals surface area contributed by atoms with Crippen LogP contribution in [0.3, 0.4) is 0 Å². The SMILES string of the molecule is Cc1c2c(nc3nccnc13)N1CCc3cc(Cl)ccc3N1C2. The van der Waals surface area contributed by atoms with Crippen LogP contribution in [0.1, 0.15) is 16.7 Å². The average molecular weight is 324 g/mol. The largest absolute Gasteiger partial charge is 0.279 e. The molecule has 2 aliphatic heterocycles. The van der Waals surface area contributed by atoms with Crippen molar-refractivity contribution in [3.05, 3.63) is 52.3 Å². The van der Waals surface area contributed by atoms with Crippen molar-refractivity contribution in [2.45, 2.75) is 19.9 Å². The van der Waals surface area contributed by atoms with Crippen molar-refractivity contribution < 1.29 is 0 Å². The van der Waals surface area contributed by atoms with E-state index in [0.717, 1.165) is 35.9 Å². The number of rotatable bonds is 0. The van der Waals surface area contributed by atoms with Gasteiger partial charge in [0, 0.05) is 29.5 Å². The third-order valence-electron chi connectivity index (χ3n) is 4.72. The number of fused-ring (bicyclic) bond motifs is 6. The molecule has 0 atom stereocenters. The van der Waals surface area contributed by atoms with Gasteiger partial charge < -0.3 is 0 Å². The van der Waals surface area contributed by atoms with Crippen molar-refractivity contribution in [1.29, 1.82) is 0 Å². The van der Waals surface area contributed by atoms with Crippen molar-refractivity contribution in [1.82, 2.24) is 15.0 Å². The van der Waals surface area contributed by atoms with Crippen LogP contribution in [0.25, 0.3) is 11.2 Å². The maximum Gasteiger partial charge on any atom is 0.180 e. The Morgan fingerprint density at radius 3 is 2.91 bits per heavy atom. The fourth-order valence-electron chi connectivity index (χ4n) is 3.58. The number of hydrogen-bond donors (Lipinski definition) is 0. The van der Waals surface area contributed by atoms with E-state index in [4.69, 9.17) is 16.6 Å². The topological polar surface area (TPSA) is 45.2 Å². The molecule has 114 valence electrons. The summed E-state index contributed by atoms with van der Waals surface area (Å²) in [5.41, 5.74) is 6.52. The molecule has 0 spiro atoms. The Morgan fingerprint density at radius 2 is 2.00 bits per heavy atom. The second-order valence-corrected chi connectivity index (χ2v) is 6.41. The molecule has 0 aliphatic carbocycles. The minimum Gasteiger partial charge on any atom is -0.279 e. The van der Waals surface area contributed by atoms with Crippen LogP contribution in [-0.2, 0) is 13.0 Å². The average Bonchev–Trinajstić information content (AvgIpc) is 2.94. The van der Waals surface area contributed by atoms with E-state index in [2.05, 4.69) is 39.0 Å². The van der Waals surface area contributed by atoms with E-state index in [9.17, 15) is 0 Å². The molecule has 2 aromatic heterocycles. The highest BCUT2D eigenvalue weighted by atomic mass is 35.5. The normalized spacial score (nSPS) is 15.6. The first-order chi connectivity index (χ1) is 11.2. The summed E-state index contributed by atoms with van der Waals surface area (Å²) >= 11 is 6.14. The predicted molar refractivity (Wildman–Crippen MR) is 90.8 cm³/mol. The number of aromatic nitrogens is 3. The summed E-state index contributed by atoms with van der Waals surface area (Å²) in [6.07, 6.45) is 4.38. The standard InChI is InChI=1S/C17H14ClN5/c1-10-13-9-23-14-3-2-12(18)8-11(14)4-7-22(23)17(13)21-16-15(10)19-5-6-20-16/h2-3,5-6,8H,4,7,9H2,1H3. The van der Waals surface area contributed by atoms with Crippen molar-refractivity contribution in [2.24, 2.45) is 0 Å². The van der Waals surface area contributed by atoms with Crippen LogP contribution in [0.2, 0.25) is 5.02 Å². The molecular weight excluding hydrogens is 310 g/mol. The van der Waals surface area contributed by atoms with Crippen LogP contribution in [0.15, 0.2) is 30.6 Å². The number of nitrogens with zero attached hydrogens (tertiary/aromatic N) is 5. The van der Waals surface area contributed by atoms with Crippen LogP contribution < -0.4 is 10.0 Å². The maximum absolute atomic E-state index is 6.14. The zero-order valence-electron chi connectivity index (χ0n) is 12.6. The second-order valence-electron chi connectivity index (χ2n) is 5.97. The predicted octanol–water partition coefficient (Wildman–Crippen LogP) is 3.28. The molecule has 2 aliphatic rings. The molecule has 0 N–H and O–H groups in total. The molecule has 5 nitrogen and oxygen atoms in total. The van der Waals surface area contributed by atoms with Crippen molar-refractivity contribution >= 4 is 34.3 Å². The van der Waals surface area contributed by atoms with Gasteiger partial charge >= 0.3 is 0 Å².